The van der Waals surface area contributed by atoms with E-state index in [1.807, 2.05) is 18.2 Å². The van der Waals surface area contributed by atoms with E-state index in [1.165, 1.54) is 10.5 Å². The molecule has 0 radical (unpaired) electrons. The third-order valence-electron chi connectivity index (χ3n) is 6.21. The minimum absolute atomic E-state index is 0.0391. The molecular weight excluding hydrogens is 393 g/mol. The minimum atomic E-state index is -0.358. The number of hydrogen-bond acceptors (Lipinski definition) is 2. The first-order valence-electron chi connectivity index (χ1n) is 9.26. The van der Waals surface area contributed by atoms with Gasteiger partial charge in [0.1, 0.15) is 0 Å². The molecule has 2 amide bonds. The lowest BCUT2D eigenvalue weighted by Crippen LogP contribution is -2.33. The Kier molecular flexibility index (Phi) is 4.01. The number of fused-ring (bicyclic) bond motifs is 5. The number of nitrogens with zero attached hydrogens (tertiary/aromatic N) is 1. The van der Waals surface area contributed by atoms with Crippen LogP contribution in [-0.2, 0) is 9.59 Å². The molecule has 3 aliphatic rings. The molecule has 2 fully saturated rings. The van der Waals surface area contributed by atoms with Crippen LogP contribution in [0.25, 0.3) is 5.57 Å². The summed E-state index contributed by atoms with van der Waals surface area (Å²) >= 11 is 12.3. The molecule has 4 atom stereocenters. The van der Waals surface area contributed by atoms with Crippen molar-refractivity contribution in [3.63, 3.8) is 0 Å². The molecule has 0 unspecified atom stereocenters. The summed E-state index contributed by atoms with van der Waals surface area (Å²) in [6, 6.07) is 15.0. The average molecular weight is 410 g/mol. The molecule has 1 heterocycles. The largest absolute Gasteiger partial charge is 0.274 e. The molecule has 5 rings (SSSR count). The number of carbonyl (C=O) groups is 2. The molecule has 2 aliphatic carbocycles. The summed E-state index contributed by atoms with van der Waals surface area (Å²) in [5.41, 5.74) is 3.91. The van der Waals surface area contributed by atoms with E-state index in [9.17, 15) is 9.59 Å². The van der Waals surface area contributed by atoms with Gasteiger partial charge in [-0.1, -0.05) is 71.3 Å². The summed E-state index contributed by atoms with van der Waals surface area (Å²) in [6.45, 7) is 2.08. The molecule has 1 aliphatic heterocycles. The molecule has 0 spiro atoms. The fourth-order valence-electron chi connectivity index (χ4n) is 5.02. The Bertz CT molecular complexity index is 1040. The van der Waals surface area contributed by atoms with Crippen molar-refractivity contribution >= 4 is 46.3 Å². The van der Waals surface area contributed by atoms with Crippen molar-refractivity contribution in [1.29, 1.82) is 0 Å². The topological polar surface area (TPSA) is 37.4 Å². The molecule has 0 aromatic heterocycles. The highest BCUT2D eigenvalue weighted by atomic mass is 35.5. The molecular formula is C23H17Cl2NO2. The minimum Gasteiger partial charge on any atom is -0.274 e. The van der Waals surface area contributed by atoms with Crippen LogP contribution in [0.1, 0.15) is 12.5 Å². The van der Waals surface area contributed by atoms with Crippen molar-refractivity contribution in [2.45, 2.75) is 6.92 Å². The number of amides is 2. The zero-order valence-electron chi connectivity index (χ0n) is 15.1. The molecule has 0 N–H and O–H groups in total. The Balaban J connectivity index is 1.56. The standard InChI is InChI=1S/C23H17Cl2NO2/c1-12(13-5-3-2-4-6-13)19-15-8-9-16(19)21-20(15)22(27)26(23(21)28)18-10-7-14(24)11-17(18)25/h2-11,15-16,20-21H,1H3/t15-,16-,20-,21+/m1/s1. The van der Waals surface area contributed by atoms with Crippen LogP contribution < -0.4 is 4.90 Å². The quantitative estimate of drug-likeness (QED) is 0.492. The first-order chi connectivity index (χ1) is 13.5. The van der Waals surface area contributed by atoms with Gasteiger partial charge in [-0.05, 0) is 36.3 Å². The lowest BCUT2D eigenvalue weighted by atomic mass is 9.85. The van der Waals surface area contributed by atoms with Crippen LogP contribution >= 0.6 is 23.2 Å². The van der Waals surface area contributed by atoms with Crippen LogP contribution in [0, 0.1) is 23.7 Å². The molecule has 5 heteroatoms. The first kappa shape index (κ1) is 17.7. The predicted octanol–water partition coefficient (Wildman–Crippen LogP) is 5.39. The monoisotopic (exact) mass is 409 g/mol. The number of benzene rings is 2. The summed E-state index contributed by atoms with van der Waals surface area (Å²) < 4.78 is 0. The van der Waals surface area contributed by atoms with E-state index in [0.29, 0.717) is 15.7 Å². The van der Waals surface area contributed by atoms with Crippen molar-refractivity contribution in [2.24, 2.45) is 23.7 Å². The van der Waals surface area contributed by atoms with Crippen molar-refractivity contribution in [3.05, 3.63) is 81.9 Å². The van der Waals surface area contributed by atoms with Crippen molar-refractivity contribution in [2.75, 3.05) is 4.90 Å². The van der Waals surface area contributed by atoms with Gasteiger partial charge in [-0.2, -0.15) is 0 Å². The maximum Gasteiger partial charge on any atom is 0.238 e. The second kappa shape index (κ2) is 6.33. The highest BCUT2D eigenvalue weighted by Gasteiger charge is 2.62. The molecule has 3 nitrogen and oxygen atoms in total. The highest BCUT2D eigenvalue weighted by Crippen LogP contribution is 2.58. The van der Waals surface area contributed by atoms with Crippen LogP contribution in [-0.4, -0.2) is 11.8 Å². The van der Waals surface area contributed by atoms with Crippen LogP contribution in [0.5, 0.6) is 0 Å². The van der Waals surface area contributed by atoms with E-state index in [1.54, 1.807) is 18.2 Å². The Morgan fingerprint density at radius 2 is 1.50 bits per heavy atom. The first-order valence-corrected chi connectivity index (χ1v) is 10.0. The molecule has 2 aromatic rings. The third kappa shape index (κ3) is 2.36. The van der Waals surface area contributed by atoms with E-state index in [0.717, 1.165) is 11.1 Å². The van der Waals surface area contributed by atoms with Crippen LogP contribution in [0.15, 0.2) is 66.3 Å². The van der Waals surface area contributed by atoms with Crippen LogP contribution in [0.2, 0.25) is 10.0 Å². The SMILES string of the molecule is CC(=C1[C@H]2C=C[C@H]1[C@H]1C(=O)N(c3ccc(Cl)cc3Cl)C(=O)[C@H]12)c1ccccc1. The number of rotatable bonds is 2. The molecule has 1 saturated carbocycles. The maximum atomic E-state index is 13.3. The number of halogens is 2. The maximum absolute atomic E-state index is 13.3. The average Bonchev–Trinajstić information content (AvgIpc) is 3.33. The van der Waals surface area contributed by atoms with Gasteiger partial charge < -0.3 is 0 Å². The van der Waals surface area contributed by atoms with Gasteiger partial charge in [0.2, 0.25) is 11.8 Å². The van der Waals surface area contributed by atoms with E-state index in [4.69, 9.17) is 23.2 Å². The highest BCUT2D eigenvalue weighted by molar-refractivity contribution is 6.38. The number of anilines is 1. The Morgan fingerprint density at radius 1 is 0.893 bits per heavy atom. The van der Waals surface area contributed by atoms with Crippen LogP contribution in [0.3, 0.4) is 0 Å². The smallest absolute Gasteiger partial charge is 0.238 e. The third-order valence-corrected chi connectivity index (χ3v) is 6.74. The summed E-state index contributed by atoms with van der Waals surface area (Å²) in [7, 11) is 0. The Hall–Kier alpha value is -2.36. The number of hydrogen-bond donors (Lipinski definition) is 0. The van der Waals surface area contributed by atoms with E-state index < -0.39 is 0 Å². The Labute approximate surface area is 173 Å². The molecule has 2 aromatic carbocycles. The Morgan fingerprint density at radius 3 is 2.07 bits per heavy atom. The van der Waals surface area contributed by atoms with Gasteiger partial charge in [-0.25, -0.2) is 4.90 Å². The number of allylic oxidation sites excluding steroid dienone is 4. The van der Waals surface area contributed by atoms with Crippen LogP contribution in [0.4, 0.5) is 5.69 Å². The fourth-order valence-corrected chi connectivity index (χ4v) is 5.51. The lowest BCUT2D eigenvalue weighted by molar-refractivity contribution is -0.122. The predicted molar refractivity (Wildman–Crippen MR) is 111 cm³/mol. The normalized spacial score (nSPS) is 29.6. The summed E-state index contributed by atoms with van der Waals surface area (Å²) in [6.07, 6.45) is 4.18. The summed E-state index contributed by atoms with van der Waals surface area (Å²) in [4.78, 5) is 27.8. The molecule has 28 heavy (non-hydrogen) atoms. The molecule has 140 valence electrons. The second-order valence-corrected chi connectivity index (χ2v) is 8.39. The number of imide groups is 1. The van der Waals surface area contributed by atoms with Gasteiger partial charge in [0.05, 0.1) is 22.5 Å². The van der Waals surface area contributed by atoms with E-state index >= 15 is 0 Å². The van der Waals surface area contributed by atoms with Crippen molar-refractivity contribution in [1.82, 2.24) is 0 Å². The van der Waals surface area contributed by atoms with Crippen molar-refractivity contribution < 1.29 is 9.59 Å². The molecule has 2 bridgehead atoms. The summed E-state index contributed by atoms with van der Waals surface area (Å²) in [5.74, 6) is -1.14. The second-order valence-electron chi connectivity index (χ2n) is 7.54. The number of carbonyl (C=O) groups excluding carboxylic acids is 2. The molecule has 1 saturated heterocycles. The van der Waals surface area contributed by atoms with Gasteiger partial charge in [0.15, 0.2) is 0 Å². The van der Waals surface area contributed by atoms with Gasteiger partial charge in [-0.15, -0.1) is 0 Å². The lowest BCUT2D eigenvalue weighted by Gasteiger charge is -2.21. The van der Waals surface area contributed by atoms with Gasteiger partial charge >= 0.3 is 0 Å². The zero-order valence-corrected chi connectivity index (χ0v) is 16.6. The zero-order chi connectivity index (χ0) is 19.6. The van der Waals surface area contributed by atoms with Gasteiger partial charge in [0, 0.05) is 16.9 Å². The van der Waals surface area contributed by atoms with Crippen molar-refractivity contribution in [3.8, 4) is 0 Å². The fraction of sp³-hybridized carbons (Fsp3) is 0.217. The van der Waals surface area contributed by atoms with E-state index in [2.05, 4.69) is 31.2 Å². The van der Waals surface area contributed by atoms with E-state index in [-0.39, 0.29) is 35.5 Å². The van der Waals surface area contributed by atoms with Gasteiger partial charge in [-0.3, -0.25) is 9.59 Å². The summed E-state index contributed by atoms with van der Waals surface area (Å²) in [5, 5.41) is 0.782. The van der Waals surface area contributed by atoms with Gasteiger partial charge in [0.25, 0.3) is 0 Å².